The Morgan fingerprint density at radius 1 is 0.391 bits per heavy atom. The molecule has 3 heterocycles. The Kier molecular flexibility index (Phi) is 15.0. The largest absolute Gasteiger partial charge is 0.334 e. The molecule has 0 amide bonds. The monoisotopic (exact) mass is 1200 g/mol. The topological polar surface area (TPSA) is 11.4 Å². The Balaban J connectivity index is 0.977. The molecule has 0 fully saturated rings. The van der Waals surface area contributed by atoms with Gasteiger partial charge in [-0.2, -0.15) is 0 Å². The van der Waals surface area contributed by atoms with Crippen LogP contribution < -0.4 is 26.2 Å². The molecular weight excluding hydrogens is 1110 g/mol. The second-order valence-electron chi connectivity index (χ2n) is 29.4. The van der Waals surface area contributed by atoms with Crippen molar-refractivity contribution >= 4 is 67.7 Å². The first kappa shape index (κ1) is 57.6. The minimum Gasteiger partial charge on any atom is -0.334 e. The lowest BCUT2D eigenvalue weighted by Gasteiger charge is -2.53. The fraction of sp³-hybridized carbons (Fsp3) is 0.318. The minimum absolute atomic E-state index is 0.00902. The molecule has 0 bridgehead atoms. The molecule has 0 radical (unpaired) electrons. The van der Waals surface area contributed by atoms with Gasteiger partial charge in [0.1, 0.15) is 0 Å². The van der Waals surface area contributed by atoms with Gasteiger partial charge in [-0.05, 0) is 260 Å². The van der Waals surface area contributed by atoms with Crippen LogP contribution in [0.1, 0.15) is 142 Å². The van der Waals surface area contributed by atoms with Crippen molar-refractivity contribution in [3.63, 3.8) is 0 Å². The van der Waals surface area contributed by atoms with Crippen LogP contribution in [0.4, 0.5) is 22.7 Å². The van der Waals surface area contributed by atoms with Gasteiger partial charge in [-0.1, -0.05) is 196 Å². The summed E-state index contributed by atoms with van der Waals surface area (Å²) >= 11 is 0. The minimum atomic E-state index is -0.146. The summed E-state index contributed by atoms with van der Waals surface area (Å²) in [6.45, 7) is 7.48. The molecular formula is C88H88BN3. The number of hydrogen-bond acceptors (Lipinski definition) is 2. The quantitative estimate of drug-likeness (QED) is 0.0999. The number of para-hydroxylation sites is 2. The molecule has 8 aromatic carbocycles. The molecule has 2 aliphatic heterocycles. The number of anilines is 4. The Bertz CT molecular complexity index is 4410. The Morgan fingerprint density at radius 3 is 1.37 bits per heavy atom. The number of hydrogen-bond donors (Lipinski definition) is 0. The first-order valence-corrected chi connectivity index (χ1v) is 35.7. The van der Waals surface area contributed by atoms with E-state index in [0.717, 1.165) is 38.5 Å². The molecule has 3 nitrogen and oxygen atoms in total. The van der Waals surface area contributed by atoms with Gasteiger partial charge < -0.3 is 14.4 Å². The molecule has 0 N–H and O–H groups in total. The molecule has 4 heteroatoms. The molecule has 0 spiro atoms. The van der Waals surface area contributed by atoms with Gasteiger partial charge >= 0.3 is 0 Å². The highest BCUT2D eigenvalue weighted by Crippen LogP contribution is 2.54. The molecule has 458 valence electrons. The zero-order chi connectivity index (χ0) is 61.4. The predicted octanol–water partition coefficient (Wildman–Crippen LogP) is 21.6. The third-order valence-corrected chi connectivity index (χ3v) is 23.1. The van der Waals surface area contributed by atoms with Crippen molar-refractivity contribution in [3.8, 4) is 39.1 Å². The van der Waals surface area contributed by atoms with Crippen molar-refractivity contribution in [3.05, 3.63) is 252 Å². The van der Waals surface area contributed by atoms with Crippen LogP contribution in [0.3, 0.4) is 0 Å². The fourth-order valence-corrected chi connectivity index (χ4v) is 18.7. The maximum absolute atomic E-state index is 3.06. The van der Waals surface area contributed by atoms with Crippen LogP contribution in [-0.2, 0) is 5.41 Å². The van der Waals surface area contributed by atoms with Gasteiger partial charge in [-0.15, -0.1) is 0 Å². The molecule has 0 saturated heterocycles. The number of benzene rings is 8. The van der Waals surface area contributed by atoms with Gasteiger partial charge in [0.2, 0.25) is 0 Å². The van der Waals surface area contributed by atoms with Crippen molar-refractivity contribution in [2.45, 2.75) is 154 Å². The molecule has 8 aliphatic rings. The average molecular weight is 1200 g/mol. The molecule has 6 aliphatic carbocycles. The van der Waals surface area contributed by atoms with E-state index in [1.807, 2.05) is 0 Å². The van der Waals surface area contributed by atoms with E-state index in [9.17, 15) is 0 Å². The molecule has 9 aromatic rings. The van der Waals surface area contributed by atoms with E-state index in [1.165, 1.54) is 183 Å². The van der Waals surface area contributed by atoms with Crippen molar-refractivity contribution in [2.75, 3.05) is 9.80 Å². The third kappa shape index (κ3) is 10.1. The summed E-state index contributed by atoms with van der Waals surface area (Å²) in [4.78, 5) is 6.12. The van der Waals surface area contributed by atoms with Crippen LogP contribution in [0.15, 0.2) is 247 Å². The van der Waals surface area contributed by atoms with Crippen molar-refractivity contribution < 1.29 is 0 Å². The molecule has 0 saturated carbocycles. The molecule has 17 rings (SSSR count). The lowest BCUT2D eigenvalue weighted by Crippen LogP contribution is -2.65. The smallest absolute Gasteiger partial charge is 0.252 e. The SMILES string of the molecule is CC(C)(C)c1cc2c3c(c1)N(C1C(C4CC=CCC4)=CCCC1C1=CCCCC1)c1cc(-n4c5ccccc5c5ccccc54)ccc1B3c1ccc(-c3cc(-c4ccccc4)cc(-c4ccccc4)c3)cc1N2C1C(C2CC=CCC2)=CCCC1C1=CCCCC1. The van der Waals surface area contributed by atoms with Gasteiger partial charge in [0.25, 0.3) is 6.71 Å². The van der Waals surface area contributed by atoms with E-state index in [-0.39, 0.29) is 24.2 Å². The second-order valence-corrected chi connectivity index (χ2v) is 29.4. The fourth-order valence-electron chi connectivity index (χ4n) is 18.7. The summed E-state index contributed by atoms with van der Waals surface area (Å²) in [5, 5.41) is 2.61. The van der Waals surface area contributed by atoms with Crippen LogP contribution in [0.5, 0.6) is 0 Å². The van der Waals surface area contributed by atoms with Crippen LogP contribution in [0.2, 0.25) is 0 Å². The van der Waals surface area contributed by atoms with Gasteiger partial charge in [0.15, 0.2) is 0 Å². The van der Waals surface area contributed by atoms with Gasteiger partial charge in [-0.25, -0.2) is 0 Å². The molecule has 92 heavy (non-hydrogen) atoms. The summed E-state index contributed by atoms with van der Waals surface area (Å²) in [5.41, 5.74) is 29.4. The zero-order valence-corrected chi connectivity index (χ0v) is 54.5. The first-order chi connectivity index (χ1) is 45.3. The number of fused-ring (bicyclic) bond motifs is 7. The van der Waals surface area contributed by atoms with Crippen LogP contribution in [0.25, 0.3) is 60.9 Å². The van der Waals surface area contributed by atoms with E-state index in [4.69, 9.17) is 0 Å². The average Bonchev–Trinajstić information content (AvgIpc) is 0.755. The van der Waals surface area contributed by atoms with E-state index in [2.05, 4.69) is 260 Å². The predicted molar refractivity (Wildman–Crippen MR) is 393 cm³/mol. The zero-order valence-electron chi connectivity index (χ0n) is 54.5. The van der Waals surface area contributed by atoms with Gasteiger partial charge in [0, 0.05) is 51.0 Å². The Hall–Kier alpha value is -8.34. The number of aromatic nitrogens is 1. The van der Waals surface area contributed by atoms with Gasteiger partial charge in [0.05, 0.1) is 23.1 Å². The summed E-state index contributed by atoms with van der Waals surface area (Å²) in [7, 11) is 0. The summed E-state index contributed by atoms with van der Waals surface area (Å²) < 4.78 is 2.59. The second kappa shape index (κ2) is 24.0. The normalized spacial score (nSPS) is 22.9. The number of rotatable bonds is 10. The highest BCUT2D eigenvalue weighted by atomic mass is 15.2. The summed E-state index contributed by atoms with van der Waals surface area (Å²) in [5.74, 6) is 1.82. The molecule has 6 unspecified atom stereocenters. The Labute approximate surface area is 547 Å². The van der Waals surface area contributed by atoms with Crippen LogP contribution in [0, 0.1) is 23.7 Å². The molecule has 1 aromatic heterocycles. The van der Waals surface area contributed by atoms with Crippen LogP contribution >= 0.6 is 0 Å². The number of allylic oxidation sites excluding steroid dienone is 8. The van der Waals surface area contributed by atoms with Crippen LogP contribution in [-0.4, -0.2) is 23.4 Å². The highest BCUT2D eigenvalue weighted by Gasteiger charge is 2.51. The van der Waals surface area contributed by atoms with Crippen molar-refractivity contribution in [1.29, 1.82) is 0 Å². The van der Waals surface area contributed by atoms with Gasteiger partial charge in [-0.3, -0.25) is 0 Å². The summed E-state index contributed by atoms with van der Waals surface area (Å²) in [6.07, 6.45) is 42.5. The number of nitrogens with zero attached hydrogens (tertiary/aromatic N) is 3. The Morgan fingerprint density at radius 2 is 0.880 bits per heavy atom. The van der Waals surface area contributed by atoms with Crippen molar-refractivity contribution in [2.24, 2.45) is 23.7 Å². The lowest BCUT2D eigenvalue weighted by atomic mass is 9.33. The van der Waals surface area contributed by atoms with E-state index < -0.39 is 0 Å². The third-order valence-electron chi connectivity index (χ3n) is 23.1. The maximum atomic E-state index is 3.06. The lowest BCUT2D eigenvalue weighted by molar-refractivity contribution is 0.391. The first-order valence-electron chi connectivity index (χ1n) is 35.7. The van der Waals surface area contributed by atoms with Crippen molar-refractivity contribution in [1.82, 2.24) is 4.57 Å². The van der Waals surface area contributed by atoms with E-state index in [0.29, 0.717) is 23.7 Å². The summed E-state index contributed by atoms with van der Waals surface area (Å²) in [6, 6.07) is 69.4. The van der Waals surface area contributed by atoms with E-state index >= 15 is 0 Å². The maximum Gasteiger partial charge on any atom is 0.252 e. The standard InChI is InChI=1S/C88H88BN3/c1-88(2,3)69-56-83-85-84(57-69)92(87-73(63-36-18-8-19-37-63)44-27-45-74(87)64-38-20-9-21-39-64)82-58-70(90-79-46-24-22-40-75(79)76-41-23-25-47-80(76)90)49-51-78(82)89(85)77-50-48-65(68-53-66(59-28-10-4-11-29-59)52-67(54-68)60-30-12-5-13-31-60)55-81(77)91(83)86-71(61-32-14-6-15-33-61)42-26-43-72(86)62-34-16-7-17-35-62/h4-6,8,10-14,18,22-25,28-31,34,38,40-42,44,46-58,61,63,72,74,86-87H,7,9,15-17,19-21,26-27,32-33,35-37,39,43,45H2,1-3H3. The molecule has 6 atom stereocenters. The van der Waals surface area contributed by atoms with E-state index in [1.54, 1.807) is 22.3 Å². The highest BCUT2D eigenvalue weighted by molar-refractivity contribution is 7.00.